The van der Waals surface area contributed by atoms with Gasteiger partial charge in [-0.3, -0.25) is 4.79 Å². The maximum Gasteiger partial charge on any atom is 0.255 e. The average Bonchev–Trinajstić information content (AvgIpc) is 3.22. The Bertz CT molecular complexity index is 1160. The molecule has 1 aliphatic heterocycles. The van der Waals surface area contributed by atoms with Crippen LogP contribution in [0.1, 0.15) is 15.9 Å². The van der Waals surface area contributed by atoms with Crippen LogP contribution in [0.3, 0.4) is 0 Å². The zero-order chi connectivity index (χ0) is 21.1. The molecule has 0 fully saturated rings. The fourth-order valence-corrected chi connectivity index (χ4v) is 4.22. The fraction of sp³-hybridized carbons (Fsp3) is 0.136. The van der Waals surface area contributed by atoms with E-state index in [4.69, 9.17) is 9.47 Å². The van der Waals surface area contributed by atoms with E-state index in [-0.39, 0.29) is 24.1 Å². The lowest BCUT2D eigenvalue weighted by molar-refractivity contribution is 0.102. The Balaban J connectivity index is 1.45. The third-order valence-electron chi connectivity index (χ3n) is 4.70. The van der Waals surface area contributed by atoms with Crippen molar-refractivity contribution in [2.24, 2.45) is 0 Å². The lowest BCUT2D eigenvalue weighted by Gasteiger charge is -2.17. The molecule has 3 aromatic rings. The standard InChI is InChI=1S/C22H20N2O5S/c1-24(14-16-5-3-2-4-6-16)30(26,27)19-10-7-17(8-11-19)22(25)23-18-9-12-20-21(13-18)29-15-28-20/h2-13H,14-15H2,1H3,(H,23,25). The van der Waals surface area contributed by atoms with Gasteiger partial charge in [0.15, 0.2) is 11.5 Å². The van der Waals surface area contributed by atoms with Crippen LogP contribution < -0.4 is 14.8 Å². The molecule has 0 unspecified atom stereocenters. The van der Waals surface area contributed by atoms with E-state index in [2.05, 4.69) is 5.32 Å². The highest BCUT2D eigenvalue weighted by atomic mass is 32.2. The Morgan fingerprint density at radius 1 is 0.967 bits per heavy atom. The first kappa shape index (κ1) is 19.9. The molecule has 0 radical (unpaired) electrons. The van der Waals surface area contributed by atoms with E-state index in [1.807, 2.05) is 30.3 Å². The molecule has 0 spiro atoms. The van der Waals surface area contributed by atoms with E-state index in [1.54, 1.807) is 18.2 Å². The topological polar surface area (TPSA) is 84.9 Å². The van der Waals surface area contributed by atoms with Gasteiger partial charge in [-0.2, -0.15) is 4.31 Å². The molecule has 0 bridgehead atoms. The van der Waals surface area contributed by atoms with E-state index >= 15 is 0 Å². The maximum atomic E-state index is 12.8. The Morgan fingerprint density at radius 2 is 1.67 bits per heavy atom. The zero-order valence-electron chi connectivity index (χ0n) is 16.2. The van der Waals surface area contributed by atoms with Crippen LogP contribution >= 0.6 is 0 Å². The van der Waals surface area contributed by atoms with E-state index < -0.39 is 10.0 Å². The van der Waals surface area contributed by atoms with Crippen LogP contribution in [0.4, 0.5) is 5.69 Å². The quantitative estimate of drug-likeness (QED) is 0.655. The summed E-state index contributed by atoms with van der Waals surface area (Å²) in [5.41, 5.74) is 1.80. The molecule has 0 saturated carbocycles. The van der Waals surface area contributed by atoms with Gasteiger partial charge < -0.3 is 14.8 Å². The Kier molecular flexibility index (Phi) is 5.43. The summed E-state index contributed by atoms with van der Waals surface area (Å²) in [5.74, 6) is 0.841. The van der Waals surface area contributed by atoms with E-state index in [0.717, 1.165) is 5.56 Å². The first-order valence-electron chi connectivity index (χ1n) is 9.25. The first-order chi connectivity index (χ1) is 14.4. The Morgan fingerprint density at radius 3 is 2.40 bits per heavy atom. The van der Waals surface area contributed by atoms with Gasteiger partial charge >= 0.3 is 0 Å². The summed E-state index contributed by atoms with van der Waals surface area (Å²) in [6, 6.07) is 20.3. The monoisotopic (exact) mass is 424 g/mol. The zero-order valence-corrected chi connectivity index (χ0v) is 17.1. The summed E-state index contributed by atoms with van der Waals surface area (Å²) in [6.07, 6.45) is 0. The summed E-state index contributed by atoms with van der Waals surface area (Å²) >= 11 is 0. The van der Waals surface area contributed by atoms with Gasteiger partial charge in [-0.1, -0.05) is 30.3 Å². The number of rotatable bonds is 6. The molecule has 0 atom stereocenters. The van der Waals surface area contributed by atoms with Crippen molar-refractivity contribution in [3.05, 3.63) is 83.9 Å². The molecule has 154 valence electrons. The predicted molar refractivity (Wildman–Crippen MR) is 112 cm³/mol. The van der Waals surface area contributed by atoms with Gasteiger partial charge in [0, 0.05) is 30.9 Å². The van der Waals surface area contributed by atoms with Crippen molar-refractivity contribution in [1.29, 1.82) is 0 Å². The second-order valence-corrected chi connectivity index (χ2v) is 8.84. The summed E-state index contributed by atoms with van der Waals surface area (Å²) < 4.78 is 37.5. The molecule has 7 nitrogen and oxygen atoms in total. The number of hydrogen-bond donors (Lipinski definition) is 1. The average molecular weight is 424 g/mol. The highest BCUT2D eigenvalue weighted by Crippen LogP contribution is 2.34. The van der Waals surface area contributed by atoms with Crippen LogP contribution in [-0.4, -0.2) is 32.5 Å². The molecular weight excluding hydrogens is 404 g/mol. The smallest absolute Gasteiger partial charge is 0.255 e. The third-order valence-corrected chi connectivity index (χ3v) is 6.52. The number of anilines is 1. The van der Waals surface area contributed by atoms with Gasteiger partial charge in [0.2, 0.25) is 16.8 Å². The molecule has 0 aromatic heterocycles. The molecule has 3 aromatic carbocycles. The number of benzene rings is 3. The predicted octanol–water partition coefficient (Wildman–Crippen LogP) is 3.49. The van der Waals surface area contributed by atoms with Crippen LogP contribution in [-0.2, 0) is 16.6 Å². The highest BCUT2D eigenvalue weighted by molar-refractivity contribution is 7.89. The lowest BCUT2D eigenvalue weighted by Crippen LogP contribution is -2.26. The number of fused-ring (bicyclic) bond motifs is 1. The second kappa shape index (κ2) is 8.17. The molecule has 30 heavy (non-hydrogen) atoms. The fourth-order valence-electron chi connectivity index (χ4n) is 3.06. The van der Waals surface area contributed by atoms with Gasteiger partial charge in [0.05, 0.1) is 4.90 Å². The number of carbonyl (C=O) groups excluding carboxylic acids is 1. The van der Waals surface area contributed by atoms with Crippen LogP contribution in [0, 0.1) is 0 Å². The van der Waals surface area contributed by atoms with Crippen molar-refractivity contribution in [2.75, 3.05) is 19.2 Å². The van der Waals surface area contributed by atoms with Gasteiger partial charge in [0.25, 0.3) is 5.91 Å². The molecule has 4 rings (SSSR count). The van der Waals surface area contributed by atoms with Crippen molar-refractivity contribution >= 4 is 21.6 Å². The van der Waals surface area contributed by atoms with Crippen molar-refractivity contribution < 1.29 is 22.7 Å². The Hall–Kier alpha value is -3.36. The first-order valence-corrected chi connectivity index (χ1v) is 10.7. The van der Waals surface area contributed by atoms with E-state index in [1.165, 1.54) is 35.6 Å². The van der Waals surface area contributed by atoms with Crippen molar-refractivity contribution in [2.45, 2.75) is 11.4 Å². The maximum absolute atomic E-state index is 12.8. The Labute approximate surface area is 174 Å². The van der Waals surface area contributed by atoms with Crippen molar-refractivity contribution in [3.8, 4) is 11.5 Å². The van der Waals surface area contributed by atoms with E-state index in [9.17, 15) is 13.2 Å². The van der Waals surface area contributed by atoms with Crippen LogP contribution in [0.5, 0.6) is 11.5 Å². The number of amides is 1. The number of sulfonamides is 1. The van der Waals surface area contributed by atoms with Gasteiger partial charge in [-0.05, 0) is 42.0 Å². The largest absolute Gasteiger partial charge is 0.454 e. The minimum absolute atomic E-state index is 0.126. The number of hydrogen-bond acceptors (Lipinski definition) is 5. The van der Waals surface area contributed by atoms with Crippen LogP contribution in [0.25, 0.3) is 0 Å². The van der Waals surface area contributed by atoms with Crippen molar-refractivity contribution in [3.63, 3.8) is 0 Å². The molecular formula is C22H20N2O5S. The normalized spacial score (nSPS) is 12.7. The number of nitrogens with one attached hydrogen (secondary N) is 1. The SMILES string of the molecule is CN(Cc1ccccc1)S(=O)(=O)c1ccc(C(=O)Nc2ccc3c(c2)OCO3)cc1. The number of nitrogens with zero attached hydrogens (tertiary/aromatic N) is 1. The van der Waals surface area contributed by atoms with Crippen molar-refractivity contribution in [1.82, 2.24) is 4.31 Å². The molecule has 0 saturated heterocycles. The van der Waals surface area contributed by atoms with Crippen LogP contribution in [0.2, 0.25) is 0 Å². The lowest BCUT2D eigenvalue weighted by atomic mass is 10.2. The number of ether oxygens (including phenoxy) is 2. The van der Waals surface area contributed by atoms with E-state index in [0.29, 0.717) is 22.7 Å². The van der Waals surface area contributed by atoms with Gasteiger partial charge in [0.1, 0.15) is 0 Å². The minimum Gasteiger partial charge on any atom is -0.454 e. The van der Waals surface area contributed by atoms with Gasteiger partial charge in [-0.25, -0.2) is 8.42 Å². The molecule has 8 heteroatoms. The van der Waals surface area contributed by atoms with Crippen LogP contribution in [0.15, 0.2) is 77.7 Å². The minimum atomic E-state index is -3.67. The summed E-state index contributed by atoms with van der Waals surface area (Å²) in [4.78, 5) is 12.6. The number of carbonyl (C=O) groups is 1. The highest BCUT2D eigenvalue weighted by Gasteiger charge is 2.21. The summed E-state index contributed by atoms with van der Waals surface area (Å²) in [7, 11) is -2.14. The third kappa shape index (κ3) is 4.14. The molecule has 0 aliphatic carbocycles. The van der Waals surface area contributed by atoms with Gasteiger partial charge in [-0.15, -0.1) is 0 Å². The second-order valence-electron chi connectivity index (χ2n) is 6.79. The molecule has 1 aliphatic rings. The molecule has 1 N–H and O–H groups in total. The summed E-state index contributed by atoms with van der Waals surface area (Å²) in [6.45, 7) is 0.414. The molecule has 1 heterocycles. The summed E-state index contributed by atoms with van der Waals surface area (Å²) in [5, 5.41) is 2.77. The molecule has 1 amide bonds.